The molecule has 0 fully saturated rings. The van der Waals surface area contributed by atoms with Crippen LogP contribution in [0.3, 0.4) is 0 Å². The van der Waals surface area contributed by atoms with Gasteiger partial charge in [0.2, 0.25) is 5.91 Å². The van der Waals surface area contributed by atoms with Crippen molar-refractivity contribution in [2.75, 3.05) is 10.6 Å². The van der Waals surface area contributed by atoms with Crippen LogP contribution in [-0.2, 0) is 24.3 Å². The van der Waals surface area contributed by atoms with Crippen molar-refractivity contribution in [2.24, 2.45) is 14.1 Å². The molecule has 1 aromatic carbocycles. The molecule has 4 heterocycles. The molecular weight excluding hydrogens is 384 g/mol. The topological polar surface area (TPSA) is 114 Å². The lowest BCUT2D eigenvalue weighted by atomic mass is 9.68. The molecule has 2 aromatic heterocycles. The van der Waals surface area contributed by atoms with Gasteiger partial charge in [-0.3, -0.25) is 23.8 Å². The molecule has 0 saturated heterocycles. The van der Waals surface area contributed by atoms with Crippen molar-refractivity contribution < 1.29 is 4.79 Å². The highest BCUT2D eigenvalue weighted by Gasteiger charge is 2.58. The minimum atomic E-state index is -1.48. The zero-order valence-corrected chi connectivity index (χ0v) is 15.9. The number of aromatic amines is 1. The summed E-state index contributed by atoms with van der Waals surface area (Å²) < 4.78 is 2.31. The van der Waals surface area contributed by atoms with Crippen molar-refractivity contribution in [2.45, 2.75) is 12.3 Å². The predicted octanol–water partition coefficient (Wildman–Crippen LogP) is 1.11. The second-order valence-electron chi connectivity index (χ2n) is 7.02. The van der Waals surface area contributed by atoms with Crippen molar-refractivity contribution in [1.82, 2.24) is 19.3 Å². The van der Waals surface area contributed by atoms with Gasteiger partial charge in [-0.25, -0.2) is 4.79 Å². The Morgan fingerprint density at radius 1 is 1.07 bits per heavy atom. The molecule has 28 heavy (non-hydrogen) atoms. The van der Waals surface area contributed by atoms with E-state index in [1.54, 1.807) is 25.1 Å². The highest BCUT2D eigenvalue weighted by atomic mass is 35.5. The molecule has 142 valence electrons. The van der Waals surface area contributed by atoms with E-state index >= 15 is 0 Å². The number of carbonyl (C=O) groups excluding carboxylic acids is 1. The Bertz CT molecular complexity index is 1330. The molecule has 2 aliphatic heterocycles. The van der Waals surface area contributed by atoms with E-state index in [9.17, 15) is 14.4 Å². The Kier molecular flexibility index (Phi) is 3.08. The van der Waals surface area contributed by atoms with E-state index in [1.807, 2.05) is 0 Å². The highest BCUT2D eigenvalue weighted by Crippen LogP contribution is 2.54. The summed E-state index contributed by atoms with van der Waals surface area (Å²) in [7, 11) is 2.93. The first-order valence-corrected chi connectivity index (χ1v) is 8.90. The molecular formula is C18H15ClN6O3. The Balaban J connectivity index is 2.06. The smallest absolute Gasteiger partial charge is 0.324 e. The largest absolute Gasteiger partial charge is 0.332 e. The maximum Gasteiger partial charge on any atom is 0.332 e. The number of nitrogens with one attached hydrogen (secondary N) is 3. The molecule has 0 aliphatic carbocycles. The second kappa shape index (κ2) is 5.14. The number of rotatable bonds is 0. The average molecular weight is 399 g/mol. The number of benzene rings is 1. The van der Waals surface area contributed by atoms with Gasteiger partial charge in [-0.15, -0.1) is 0 Å². The lowest BCUT2D eigenvalue weighted by Gasteiger charge is -2.34. The standard InChI is InChI=1S/C18H15ClN6O3/c1-7-11-13(23-22-7)21-14-12(15(26)25(3)17(28)24(14)2)18(11)9-6-8(19)4-5-10(9)20-16(18)27/h4-6H,1-3H3,(H,20,27)(H2,21,22,23). The lowest BCUT2D eigenvalue weighted by Crippen LogP contribution is -2.50. The fourth-order valence-corrected chi connectivity index (χ4v) is 4.49. The first-order valence-electron chi connectivity index (χ1n) is 8.53. The summed E-state index contributed by atoms with van der Waals surface area (Å²) in [6.07, 6.45) is 0. The second-order valence-corrected chi connectivity index (χ2v) is 7.46. The van der Waals surface area contributed by atoms with Crippen molar-refractivity contribution >= 4 is 34.8 Å². The molecule has 2 aliphatic rings. The van der Waals surface area contributed by atoms with Crippen molar-refractivity contribution in [3.8, 4) is 0 Å². The van der Waals surface area contributed by atoms with Crippen LogP contribution in [0, 0.1) is 6.92 Å². The molecule has 1 amide bonds. The number of halogens is 1. The zero-order valence-electron chi connectivity index (χ0n) is 15.2. The summed E-state index contributed by atoms with van der Waals surface area (Å²) >= 11 is 6.25. The molecule has 0 saturated carbocycles. The molecule has 0 bridgehead atoms. The van der Waals surface area contributed by atoms with Crippen LogP contribution < -0.4 is 21.9 Å². The summed E-state index contributed by atoms with van der Waals surface area (Å²) in [4.78, 5) is 39.3. The number of hydrogen-bond acceptors (Lipinski definition) is 5. The van der Waals surface area contributed by atoms with E-state index in [1.165, 1.54) is 18.7 Å². The molecule has 3 aromatic rings. The minimum absolute atomic E-state index is 0.160. The van der Waals surface area contributed by atoms with Crippen molar-refractivity contribution in [3.05, 3.63) is 66.4 Å². The highest BCUT2D eigenvalue weighted by molar-refractivity contribution is 6.31. The summed E-state index contributed by atoms with van der Waals surface area (Å²) in [6.45, 7) is 1.78. The van der Waals surface area contributed by atoms with Crippen molar-refractivity contribution in [3.63, 3.8) is 0 Å². The number of anilines is 3. The van der Waals surface area contributed by atoms with Gasteiger partial charge in [-0.05, 0) is 25.1 Å². The zero-order chi connectivity index (χ0) is 20.0. The number of H-pyrrole nitrogens is 1. The number of aromatic nitrogens is 4. The monoisotopic (exact) mass is 398 g/mol. The SMILES string of the molecule is Cc1[nH]nc2c1C1(C(=O)Nc3ccc(Cl)cc31)c1c(n(C)c(=O)n(C)c1=O)N2. The van der Waals surface area contributed by atoms with Crippen LogP contribution >= 0.6 is 11.6 Å². The predicted molar refractivity (Wildman–Crippen MR) is 103 cm³/mol. The average Bonchev–Trinajstić information content (AvgIpc) is 3.17. The van der Waals surface area contributed by atoms with Gasteiger partial charge in [0.05, 0.1) is 5.56 Å². The van der Waals surface area contributed by atoms with Crippen LogP contribution in [0.25, 0.3) is 0 Å². The van der Waals surface area contributed by atoms with Gasteiger partial charge >= 0.3 is 5.69 Å². The Morgan fingerprint density at radius 3 is 2.57 bits per heavy atom. The normalized spacial score (nSPS) is 19.1. The number of hydrogen-bond donors (Lipinski definition) is 3. The fourth-order valence-electron chi connectivity index (χ4n) is 4.31. The molecule has 1 unspecified atom stereocenters. The van der Waals surface area contributed by atoms with Crippen LogP contribution in [0.4, 0.5) is 17.3 Å². The Hall–Kier alpha value is -3.33. The van der Waals surface area contributed by atoms with E-state index in [2.05, 4.69) is 20.8 Å². The van der Waals surface area contributed by atoms with Gasteiger partial charge in [0.1, 0.15) is 11.2 Å². The first kappa shape index (κ1) is 16.8. The maximum atomic E-state index is 13.5. The van der Waals surface area contributed by atoms with Gasteiger partial charge in [0.15, 0.2) is 5.82 Å². The Morgan fingerprint density at radius 2 is 1.82 bits per heavy atom. The molecule has 9 nitrogen and oxygen atoms in total. The van der Waals surface area contributed by atoms with Crippen LogP contribution in [0.1, 0.15) is 22.4 Å². The maximum absolute atomic E-state index is 13.5. The van der Waals surface area contributed by atoms with Crippen LogP contribution in [0.15, 0.2) is 27.8 Å². The quantitative estimate of drug-likeness (QED) is 0.525. The van der Waals surface area contributed by atoms with Crippen LogP contribution in [-0.4, -0.2) is 25.2 Å². The first-order chi connectivity index (χ1) is 13.3. The van der Waals surface area contributed by atoms with Crippen LogP contribution in [0.5, 0.6) is 0 Å². The number of nitrogens with zero attached hydrogens (tertiary/aromatic N) is 3. The number of carbonyl (C=O) groups is 1. The Labute approximate surface area is 163 Å². The van der Waals surface area contributed by atoms with Gasteiger partial charge in [-0.1, -0.05) is 11.6 Å². The molecule has 5 rings (SSSR count). The van der Waals surface area contributed by atoms with Gasteiger partial charge < -0.3 is 10.6 Å². The van der Waals surface area contributed by atoms with E-state index < -0.39 is 22.6 Å². The number of amides is 1. The molecule has 10 heteroatoms. The fraction of sp³-hybridized carbons (Fsp3) is 0.222. The lowest BCUT2D eigenvalue weighted by molar-refractivity contribution is -0.118. The van der Waals surface area contributed by atoms with Gasteiger partial charge in [0.25, 0.3) is 5.56 Å². The molecule has 1 atom stereocenters. The molecule has 1 spiro atoms. The minimum Gasteiger partial charge on any atom is -0.324 e. The van der Waals surface area contributed by atoms with E-state index in [4.69, 9.17) is 11.6 Å². The molecule has 3 N–H and O–H groups in total. The van der Waals surface area contributed by atoms with E-state index in [0.29, 0.717) is 33.3 Å². The summed E-state index contributed by atoms with van der Waals surface area (Å²) in [6, 6.07) is 5.04. The number of aryl methyl sites for hydroxylation is 1. The third-order valence-corrected chi connectivity index (χ3v) is 5.81. The van der Waals surface area contributed by atoms with Crippen molar-refractivity contribution in [1.29, 1.82) is 0 Å². The van der Waals surface area contributed by atoms with Crippen LogP contribution in [0.2, 0.25) is 5.02 Å². The van der Waals surface area contributed by atoms with E-state index in [0.717, 1.165) is 4.57 Å². The summed E-state index contributed by atoms with van der Waals surface area (Å²) in [5.41, 5.74) is -0.104. The summed E-state index contributed by atoms with van der Waals surface area (Å²) in [5.74, 6) is 0.223. The third kappa shape index (κ3) is 1.72. The van der Waals surface area contributed by atoms with Gasteiger partial charge in [-0.2, -0.15) is 5.10 Å². The molecule has 0 radical (unpaired) electrons. The van der Waals surface area contributed by atoms with E-state index in [-0.39, 0.29) is 11.4 Å². The van der Waals surface area contributed by atoms with Gasteiger partial charge in [0, 0.05) is 41.6 Å². The summed E-state index contributed by atoms with van der Waals surface area (Å²) in [5, 5.41) is 13.5. The third-order valence-electron chi connectivity index (χ3n) is 5.57. The number of fused-ring (bicyclic) bond motifs is 6.